The molecular weight excluding hydrogens is 162 g/mol. The van der Waals surface area contributed by atoms with Crippen molar-refractivity contribution in [2.75, 3.05) is 5.73 Å². The molecule has 0 unspecified atom stereocenters. The molecule has 0 fully saturated rings. The summed E-state index contributed by atoms with van der Waals surface area (Å²) in [5.74, 6) is 0.178. The Bertz CT molecular complexity index is 342. The lowest BCUT2D eigenvalue weighted by Gasteiger charge is -2.10. The predicted molar refractivity (Wildman–Crippen MR) is 54.7 cm³/mol. The van der Waals surface area contributed by atoms with Crippen molar-refractivity contribution in [1.82, 2.24) is 0 Å². The Kier molecular flexibility index (Phi) is 2.71. The molecule has 0 bridgehead atoms. The molecule has 0 radical (unpaired) electrons. The van der Waals surface area contributed by atoms with Gasteiger partial charge in [-0.05, 0) is 43.5 Å². The molecule has 1 rings (SSSR count). The van der Waals surface area contributed by atoms with Crippen LogP contribution in [0.3, 0.4) is 0 Å². The van der Waals surface area contributed by atoms with Crippen molar-refractivity contribution in [3.63, 3.8) is 0 Å². The van der Waals surface area contributed by atoms with Crippen molar-refractivity contribution >= 4 is 11.5 Å². The number of benzene rings is 1. The molecule has 0 aliphatic rings. The van der Waals surface area contributed by atoms with Gasteiger partial charge in [0.1, 0.15) is 5.78 Å². The maximum absolute atomic E-state index is 11.0. The van der Waals surface area contributed by atoms with Crippen LogP contribution in [0.1, 0.15) is 23.6 Å². The molecule has 1 aromatic carbocycles. The van der Waals surface area contributed by atoms with Crippen molar-refractivity contribution in [3.8, 4) is 0 Å². The van der Waals surface area contributed by atoms with E-state index in [1.54, 1.807) is 6.92 Å². The Hall–Kier alpha value is -1.31. The standard InChI is InChI=1S/C11H15NO/c1-7-4-5-11(12)9(3)10(7)6-8(2)13/h4-5H,6,12H2,1-3H3. The number of nitrogen functional groups attached to an aromatic ring is 1. The van der Waals surface area contributed by atoms with Gasteiger partial charge in [0.2, 0.25) is 0 Å². The lowest BCUT2D eigenvalue weighted by Crippen LogP contribution is -2.03. The highest BCUT2D eigenvalue weighted by atomic mass is 16.1. The largest absolute Gasteiger partial charge is 0.399 e. The highest BCUT2D eigenvalue weighted by Crippen LogP contribution is 2.20. The lowest BCUT2D eigenvalue weighted by molar-refractivity contribution is -0.116. The number of aryl methyl sites for hydroxylation is 1. The smallest absolute Gasteiger partial charge is 0.134 e. The summed E-state index contributed by atoms with van der Waals surface area (Å²) >= 11 is 0. The Balaban J connectivity index is 3.17. The van der Waals surface area contributed by atoms with E-state index in [0.717, 1.165) is 22.4 Å². The van der Waals surface area contributed by atoms with Crippen LogP contribution in [0.25, 0.3) is 0 Å². The van der Waals surface area contributed by atoms with Gasteiger partial charge in [0.05, 0.1) is 0 Å². The van der Waals surface area contributed by atoms with Crippen LogP contribution in [0, 0.1) is 13.8 Å². The van der Waals surface area contributed by atoms with Gasteiger partial charge in [-0.3, -0.25) is 4.79 Å². The van der Waals surface area contributed by atoms with Gasteiger partial charge in [0, 0.05) is 12.1 Å². The van der Waals surface area contributed by atoms with Crippen LogP contribution < -0.4 is 5.73 Å². The highest BCUT2D eigenvalue weighted by Gasteiger charge is 2.07. The van der Waals surface area contributed by atoms with E-state index in [1.165, 1.54) is 0 Å². The van der Waals surface area contributed by atoms with Gasteiger partial charge in [0.25, 0.3) is 0 Å². The normalized spacial score (nSPS) is 10.1. The van der Waals surface area contributed by atoms with Crippen molar-refractivity contribution in [2.24, 2.45) is 0 Å². The van der Waals surface area contributed by atoms with Crippen LogP contribution in [0.4, 0.5) is 5.69 Å². The predicted octanol–water partition coefficient (Wildman–Crippen LogP) is 2.02. The number of rotatable bonds is 2. The Morgan fingerprint density at radius 2 is 2.00 bits per heavy atom. The van der Waals surface area contributed by atoms with Gasteiger partial charge < -0.3 is 5.73 Å². The lowest BCUT2D eigenvalue weighted by atomic mass is 9.97. The van der Waals surface area contributed by atoms with Crippen LogP contribution in [0.2, 0.25) is 0 Å². The number of anilines is 1. The summed E-state index contributed by atoms with van der Waals surface area (Å²) in [5, 5.41) is 0. The summed E-state index contributed by atoms with van der Waals surface area (Å²) in [4.78, 5) is 11.0. The summed E-state index contributed by atoms with van der Waals surface area (Å²) in [6.45, 7) is 5.56. The topological polar surface area (TPSA) is 43.1 Å². The first-order valence-corrected chi connectivity index (χ1v) is 4.36. The molecule has 2 N–H and O–H groups in total. The third-order valence-corrected chi connectivity index (χ3v) is 2.30. The Labute approximate surface area is 78.8 Å². The van der Waals surface area contributed by atoms with E-state index >= 15 is 0 Å². The second-order valence-electron chi connectivity index (χ2n) is 3.45. The molecule has 0 aromatic heterocycles. The molecule has 0 amide bonds. The third kappa shape index (κ3) is 2.08. The molecular formula is C11H15NO. The molecule has 70 valence electrons. The van der Waals surface area contributed by atoms with E-state index in [1.807, 2.05) is 26.0 Å². The fraction of sp³-hybridized carbons (Fsp3) is 0.364. The van der Waals surface area contributed by atoms with Crippen LogP contribution in [0.15, 0.2) is 12.1 Å². The zero-order valence-corrected chi connectivity index (χ0v) is 8.35. The summed E-state index contributed by atoms with van der Waals surface area (Å²) in [6.07, 6.45) is 0.489. The summed E-state index contributed by atoms with van der Waals surface area (Å²) in [7, 11) is 0. The number of hydrogen-bond acceptors (Lipinski definition) is 2. The monoisotopic (exact) mass is 177 g/mol. The van der Waals surface area contributed by atoms with Crippen LogP contribution in [-0.2, 0) is 11.2 Å². The third-order valence-electron chi connectivity index (χ3n) is 2.30. The van der Waals surface area contributed by atoms with Gasteiger partial charge >= 0.3 is 0 Å². The molecule has 0 saturated carbocycles. The summed E-state index contributed by atoms with van der Waals surface area (Å²) in [6, 6.07) is 3.84. The number of ketones is 1. The summed E-state index contributed by atoms with van der Waals surface area (Å²) in [5.41, 5.74) is 9.77. The highest BCUT2D eigenvalue weighted by molar-refractivity contribution is 5.79. The van der Waals surface area contributed by atoms with Gasteiger partial charge in [-0.15, -0.1) is 0 Å². The second kappa shape index (κ2) is 3.60. The van der Waals surface area contributed by atoms with Crippen molar-refractivity contribution < 1.29 is 4.79 Å². The van der Waals surface area contributed by atoms with E-state index in [2.05, 4.69) is 0 Å². The molecule has 0 aliphatic carbocycles. The molecule has 0 saturated heterocycles. The molecule has 2 heteroatoms. The molecule has 0 atom stereocenters. The molecule has 13 heavy (non-hydrogen) atoms. The van der Waals surface area contributed by atoms with Crippen molar-refractivity contribution in [2.45, 2.75) is 27.2 Å². The van der Waals surface area contributed by atoms with E-state index in [0.29, 0.717) is 6.42 Å². The Morgan fingerprint density at radius 1 is 1.38 bits per heavy atom. The zero-order chi connectivity index (χ0) is 10.0. The van der Waals surface area contributed by atoms with E-state index in [9.17, 15) is 4.79 Å². The average molecular weight is 177 g/mol. The number of carbonyl (C=O) groups excluding carboxylic acids is 1. The van der Waals surface area contributed by atoms with Crippen molar-refractivity contribution in [3.05, 3.63) is 28.8 Å². The first kappa shape index (κ1) is 9.78. The number of hydrogen-bond donors (Lipinski definition) is 1. The zero-order valence-electron chi connectivity index (χ0n) is 8.35. The van der Waals surface area contributed by atoms with Gasteiger partial charge in [-0.1, -0.05) is 6.07 Å². The first-order valence-electron chi connectivity index (χ1n) is 4.36. The SMILES string of the molecule is CC(=O)Cc1c(C)ccc(N)c1C. The van der Waals surface area contributed by atoms with Gasteiger partial charge in [-0.2, -0.15) is 0 Å². The minimum Gasteiger partial charge on any atom is -0.399 e. The molecule has 1 aromatic rings. The van der Waals surface area contributed by atoms with E-state index in [-0.39, 0.29) is 5.78 Å². The van der Waals surface area contributed by atoms with Crippen LogP contribution in [-0.4, -0.2) is 5.78 Å². The quantitative estimate of drug-likeness (QED) is 0.702. The molecule has 0 aliphatic heterocycles. The van der Waals surface area contributed by atoms with Crippen LogP contribution in [0.5, 0.6) is 0 Å². The number of Topliss-reactive ketones (excluding diaryl/α,β-unsaturated/α-hetero) is 1. The molecule has 0 spiro atoms. The maximum atomic E-state index is 11.0. The number of nitrogens with two attached hydrogens (primary N) is 1. The minimum atomic E-state index is 0.178. The Morgan fingerprint density at radius 3 is 2.54 bits per heavy atom. The van der Waals surface area contributed by atoms with Gasteiger partial charge in [0.15, 0.2) is 0 Å². The fourth-order valence-electron chi connectivity index (χ4n) is 1.43. The molecule has 0 heterocycles. The first-order chi connectivity index (χ1) is 6.02. The average Bonchev–Trinajstić information content (AvgIpc) is 2.05. The van der Waals surface area contributed by atoms with Crippen LogP contribution >= 0.6 is 0 Å². The maximum Gasteiger partial charge on any atom is 0.134 e. The molecule has 2 nitrogen and oxygen atoms in total. The fourth-order valence-corrected chi connectivity index (χ4v) is 1.43. The van der Waals surface area contributed by atoms with E-state index in [4.69, 9.17) is 5.73 Å². The second-order valence-corrected chi connectivity index (χ2v) is 3.45. The summed E-state index contributed by atoms with van der Waals surface area (Å²) < 4.78 is 0. The van der Waals surface area contributed by atoms with E-state index < -0.39 is 0 Å². The van der Waals surface area contributed by atoms with Gasteiger partial charge in [-0.25, -0.2) is 0 Å². The van der Waals surface area contributed by atoms with Crippen molar-refractivity contribution in [1.29, 1.82) is 0 Å². The number of carbonyl (C=O) groups is 1. The minimum absolute atomic E-state index is 0.178.